The second-order valence-corrected chi connectivity index (χ2v) is 9.00. The first-order valence-electron chi connectivity index (χ1n) is 11.4. The molecule has 3 heterocycles. The lowest BCUT2D eigenvalue weighted by Crippen LogP contribution is -2.44. The van der Waals surface area contributed by atoms with Crippen LogP contribution in [0.25, 0.3) is 0 Å². The topological polar surface area (TPSA) is 108 Å². The maximum Gasteiger partial charge on any atom is 0.276 e. The summed E-state index contributed by atoms with van der Waals surface area (Å²) in [7, 11) is 0. The minimum Gasteiger partial charge on any atom is -0.361 e. The van der Waals surface area contributed by atoms with Gasteiger partial charge < -0.3 is 25.0 Å². The number of nitrogens with one attached hydrogen (secondary N) is 2. The molecule has 10 heteroatoms. The molecule has 0 radical (unpaired) electrons. The number of fused-ring (bicyclic) bond motifs is 2. The molecule has 3 rings (SSSR count). The highest BCUT2D eigenvalue weighted by molar-refractivity contribution is 5.92. The molecule has 0 saturated carbocycles. The van der Waals surface area contributed by atoms with Gasteiger partial charge in [0.15, 0.2) is 5.69 Å². The number of aromatic nitrogens is 1. The van der Waals surface area contributed by atoms with Crippen LogP contribution >= 0.6 is 12.4 Å². The molecule has 2 aliphatic rings. The zero-order chi connectivity index (χ0) is 22.4. The van der Waals surface area contributed by atoms with Gasteiger partial charge in [0, 0.05) is 51.3 Å². The van der Waals surface area contributed by atoms with Gasteiger partial charge in [-0.1, -0.05) is 19.0 Å². The van der Waals surface area contributed by atoms with Gasteiger partial charge in [0.05, 0.1) is 6.04 Å². The van der Waals surface area contributed by atoms with Gasteiger partial charge in [-0.15, -0.1) is 12.4 Å². The molecule has 2 aliphatic heterocycles. The minimum absolute atomic E-state index is 0. The van der Waals surface area contributed by atoms with E-state index in [0.29, 0.717) is 63.4 Å². The Bertz CT molecular complexity index is 784. The Balaban J connectivity index is 0.00000363. The third kappa shape index (κ3) is 6.93. The van der Waals surface area contributed by atoms with Crippen LogP contribution in [-0.2, 0) is 9.59 Å². The number of rotatable bonds is 3. The quantitative estimate of drug-likeness (QED) is 0.698. The number of carbonyl (C=O) groups excluding carboxylic acids is 3. The second-order valence-electron chi connectivity index (χ2n) is 9.00. The first-order chi connectivity index (χ1) is 14.8. The summed E-state index contributed by atoms with van der Waals surface area (Å²) in [4.78, 5) is 42.1. The van der Waals surface area contributed by atoms with Crippen molar-refractivity contribution in [3.63, 3.8) is 0 Å². The maximum atomic E-state index is 13.0. The van der Waals surface area contributed by atoms with E-state index in [1.54, 1.807) is 17.9 Å². The van der Waals surface area contributed by atoms with Crippen LogP contribution in [-0.4, -0.2) is 77.5 Å². The van der Waals surface area contributed by atoms with Crippen molar-refractivity contribution in [2.75, 3.05) is 32.7 Å². The monoisotopic (exact) mass is 469 g/mol. The zero-order valence-corrected chi connectivity index (χ0v) is 20.1. The predicted molar refractivity (Wildman–Crippen MR) is 123 cm³/mol. The second kappa shape index (κ2) is 12.2. The molecule has 1 aromatic heterocycles. The fraction of sp³-hybridized carbons (Fsp3) is 0.727. The van der Waals surface area contributed by atoms with Crippen molar-refractivity contribution in [1.29, 1.82) is 0 Å². The highest BCUT2D eigenvalue weighted by Crippen LogP contribution is 2.18. The van der Waals surface area contributed by atoms with Crippen molar-refractivity contribution < 1.29 is 18.9 Å². The molecule has 0 aliphatic carbocycles. The van der Waals surface area contributed by atoms with Gasteiger partial charge in [0.25, 0.3) is 5.91 Å². The van der Waals surface area contributed by atoms with Crippen molar-refractivity contribution in [3.8, 4) is 0 Å². The predicted octanol–water partition coefficient (Wildman–Crippen LogP) is 1.75. The summed E-state index contributed by atoms with van der Waals surface area (Å²) in [6.07, 6.45) is 3.35. The number of hydrogen-bond donors (Lipinski definition) is 2. The number of hydrogen-bond acceptors (Lipinski definition) is 6. The zero-order valence-electron chi connectivity index (χ0n) is 19.3. The van der Waals surface area contributed by atoms with E-state index in [1.165, 1.54) is 0 Å². The van der Waals surface area contributed by atoms with Crippen LogP contribution in [0.15, 0.2) is 10.6 Å². The summed E-state index contributed by atoms with van der Waals surface area (Å²) in [5.74, 6) is 0.807. The summed E-state index contributed by atoms with van der Waals surface area (Å²) in [5, 5.41) is 10.1. The van der Waals surface area contributed by atoms with Crippen molar-refractivity contribution in [1.82, 2.24) is 25.6 Å². The number of aryl methyl sites for hydroxylation is 1. The average molecular weight is 470 g/mol. The molecule has 0 aromatic carbocycles. The van der Waals surface area contributed by atoms with Gasteiger partial charge in [-0.3, -0.25) is 14.4 Å². The van der Waals surface area contributed by atoms with Crippen molar-refractivity contribution in [3.05, 3.63) is 17.5 Å². The van der Waals surface area contributed by atoms with Crippen molar-refractivity contribution in [2.45, 2.75) is 65.0 Å². The molecular formula is C22H36ClN5O4. The third-order valence-electron chi connectivity index (χ3n) is 5.88. The first-order valence-corrected chi connectivity index (χ1v) is 11.4. The lowest BCUT2D eigenvalue weighted by Gasteiger charge is -2.31. The highest BCUT2D eigenvalue weighted by Gasteiger charge is 2.35. The Labute approximate surface area is 196 Å². The molecule has 2 N–H and O–H groups in total. The van der Waals surface area contributed by atoms with Crippen LogP contribution in [0.2, 0.25) is 0 Å². The maximum absolute atomic E-state index is 13.0. The SMILES string of the molecule is Cc1cc(C(=O)N2CCCCNC(=O)[C@@H]3C[C@@H](CN3)N(C(=O)CC(C)C)CCC2)no1.Cl. The lowest BCUT2D eigenvalue weighted by molar-refractivity contribution is -0.134. The summed E-state index contributed by atoms with van der Waals surface area (Å²) >= 11 is 0. The molecule has 0 spiro atoms. The van der Waals surface area contributed by atoms with Crippen LogP contribution in [0.4, 0.5) is 0 Å². The standard InChI is InChI=1S/C22H35N5O4.ClH/c1-15(2)11-20(28)27-10-6-9-26(22(30)19-12-16(3)31-25-19)8-5-4-7-23-21(29)18-13-17(27)14-24-18;/h12,15,17-18,24H,4-11,13-14H2,1-3H3,(H,23,29);1H/t17-,18-;/m0./s1. The molecule has 2 bridgehead atoms. The lowest BCUT2D eigenvalue weighted by atomic mass is 10.1. The molecule has 3 amide bonds. The van der Waals surface area contributed by atoms with E-state index < -0.39 is 0 Å². The molecule has 9 nitrogen and oxygen atoms in total. The molecule has 32 heavy (non-hydrogen) atoms. The molecule has 1 aromatic rings. The number of halogens is 1. The number of nitrogens with zero attached hydrogens (tertiary/aromatic N) is 3. The fourth-order valence-electron chi connectivity index (χ4n) is 4.27. The van der Waals surface area contributed by atoms with Crippen LogP contribution in [0, 0.1) is 12.8 Å². The highest BCUT2D eigenvalue weighted by atomic mass is 35.5. The first kappa shape index (κ1) is 26.1. The number of amides is 3. The van der Waals surface area contributed by atoms with E-state index in [-0.39, 0.29) is 48.1 Å². The van der Waals surface area contributed by atoms with Crippen LogP contribution in [0.1, 0.15) is 62.2 Å². The Morgan fingerprint density at radius 3 is 2.66 bits per heavy atom. The van der Waals surface area contributed by atoms with Gasteiger partial charge >= 0.3 is 0 Å². The van der Waals surface area contributed by atoms with Gasteiger partial charge in [-0.25, -0.2) is 0 Å². The average Bonchev–Trinajstić information content (AvgIpc) is 3.37. The van der Waals surface area contributed by atoms with Crippen LogP contribution in [0.3, 0.4) is 0 Å². The summed E-state index contributed by atoms with van der Waals surface area (Å²) in [5.41, 5.74) is 0.308. The van der Waals surface area contributed by atoms with E-state index in [1.807, 2.05) is 18.7 Å². The van der Waals surface area contributed by atoms with Gasteiger partial charge in [-0.05, 0) is 38.5 Å². The Morgan fingerprint density at radius 1 is 1.22 bits per heavy atom. The molecule has 2 fully saturated rings. The largest absolute Gasteiger partial charge is 0.361 e. The van der Waals surface area contributed by atoms with Crippen molar-refractivity contribution in [2.24, 2.45) is 5.92 Å². The molecule has 180 valence electrons. The molecule has 2 atom stereocenters. The molecular weight excluding hydrogens is 434 g/mol. The summed E-state index contributed by atoms with van der Waals surface area (Å²) in [6, 6.07) is 1.39. The van der Waals surface area contributed by atoms with Gasteiger partial charge in [-0.2, -0.15) is 0 Å². The Hall–Kier alpha value is -2.13. The molecule has 2 saturated heterocycles. The summed E-state index contributed by atoms with van der Waals surface area (Å²) in [6.45, 7) is 8.70. The van der Waals surface area contributed by atoms with E-state index in [4.69, 9.17) is 4.52 Å². The smallest absolute Gasteiger partial charge is 0.276 e. The van der Waals surface area contributed by atoms with Crippen molar-refractivity contribution >= 4 is 30.1 Å². The van der Waals surface area contributed by atoms with E-state index >= 15 is 0 Å². The van der Waals surface area contributed by atoms with Gasteiger partial charge in [0.1, 0.15) is 5.76 Å². The Morgan fingerprint density at radius 2 is 1.97 bits per heavy atom. The van der Waals surface area contributed by atoms with E-state index in [9.17, 15) is 14.4 Å². The van der Waals surface area contributed by atoms with E-state index in [2.05, 4.69) is 15.8 Å². The minimum atomic E-state index is -0.254. The number of carbonyl (C=O) groups is 3. The Kier molecular flexibility index (Phi) is 9.96. The van der Waals surface area contributed by atoms with Crippen LogP contribution < -0.4 is 10.6 Å². The van der Waals surface area contributed by atoms with Gasteiger partial charge in [0.2, 0.25) is 11.8 Å². The normalized spacial score (nSPS) is 22.8. The summed E-state index contributed by atoms with van der Waals surface area (Å²) < 4.78 is 5.07. The fourth-order valence-corrected chi connectivity index (χ4v) is 4.27. The third-order valence-corrected chi connectivity index (χ3v) is 5.88. The van der Waals surface area contributed by atoms with E-state index in [0.717, 1.165) is 12.8 Å². The molecule has 0 unspecified atom stereocenters. The van der Waals surface area contributed by atoms with Crippen LogP contribution in [0.5, 0.6) is 0 Å².